The maximum atomic E-state index is 13.7. The van der Waals surface area contributed by atoms with Gasteiger partial charge in [0.15, 0.2) is 0 Å². The Morgan fingerprint density at radius 3 is 2.62 bits per heavy atom. The number of carbonyl (C=O) groups excluding carboxylic acids is 1. The molecule has 2 aromatic carbocycles. The molecule has 7 heteroatoms. The van der Waals surface area contributed by atoms with Gasteiger partial charge in [-0.25, -0.2) is 13.6 Å². The minimum absolute atomic E-state index is 0.122. The van der Waals surface area contributed by atoms with Gasteiger partial charge in [-0.2, -0.15) is 0 Å². The number of esters is 1. The van der Waals surface area contributed by atoms with Gasteiger partial charge in [-0.1, -0.05) is 23.4 Å². The number of ether oxygens (including phenoxy) is 1. The smallest absolute Gasteiger partial charge is 0.339 e. The molecular formula is C14H10ClF2NO2S. The minimum Gasteiger partial charge on any atom is -0.465 e. The molecule has 2 rings (SSSR count). The standard InChI is InChI=1S/C14H10ClF2NO2S/c1-20-14(19)9-5-8(18)6-10(15)13(9)21-12-3-2-7(16)4-11(12)17/h2-6H,18H2,1H3. The zero-order valence-corrected chi connectivity index (χ0v) is 12.4. The molecule has 0 bridgehead atoms. The fourth-order valence-electron chi connectivity index (χ4n) is 1.65. The molecule has 2 N–H and O–H groups in total. The van der Waals surface area contributed by atoms with Gasteiger partial charge in [0.2, 0.25) is 0 Å². The van der Waals surface area contributed by atoms with Crippen molar-refractivity contribution in [3.8, 4) is 0 Å². The number of hydrogen-bond acceptors (Lipinski definition) is 4. The molecule has 0 aromatic heterocycles. The SMILES string of the molecule is COC(=O)c1cc(N)cc(Cl)c1Sc1ccc(F)cc1F. The summed E-state index contributed by atoms with van der Waals surface area (Å²) in [5, 5.41) is 0.184. The number of hydrogen-bond donors (Lipinski definition) is 1. The molecule has 0 fully saturated rings. The average Bonchev–Trinajstić information content (AvgIpc) is 2.42. The van der Waals surface area contributed by atoms with Crippen LogP contribution in [0, 0.1) is 11.6 Å². The van der Waals surface area contributed by atoms with E-state index in [1.165, 1.54) is 25.3 Å². The van der Waals surface area contributed by atoms with Gasteiger partial charge in [-0.05, 0) is 24.3 Å². The van der Waals surface area contributed by atoms with Crippen LogP contribution in [0.15, 0.2) is 40.1 Å². The number of benzene rings is 2. The van der Waals surface area contributed by atoms with Crippen molar-refractivity contribution in [2.45, 2.75) is 9.79 Å². The molecule has 0 spiro atoms. The predicted molar refractivity (Wildman–Crippen MR) is 77.7 cm³/mol. The van der Waals surface area contributed by atoms with Gasteiger partial charge >= 0.3 is 5.97 Å². The summed E-state index contributed by atoms with van der Waals surface area (Å²) in [5.41, 5.74) is 6.04. The Bertz CT molecular complexity index is 710. The number of carbonyl (C=O) groups is 1. The van der Waals surface area contributed by atoms with E-state index in [2.05, 4.69) is 4.74 Å². The summed E-state index contributed by atoms with van der Waals surface area (Å²) in [6, 6.07) is 5.97. The van der Waals surface area contributed by atoms with Gasteiger partial charge < -0.3 is 10.5 Å². The molecule has 0 heterocycles. The van der Waals surface area contributed by atoms with Crippen molar-refractivity contribution in [1.82, 2.24) is 0 Å². The maximum absolute atomic E-state index is 13.7. The van der Waals surface area contributed by atoms with Crippen LogP contribution in [0.3, 0.4) is 0 Å². The summed E-state index contributed by atoms with van der Waals surface area (Å²) >= 11 is 6.96. The van der Waals surface area contributed by atoms with Gasteiger partial charge in [0.05, 0.1) is 17.7 Å². The number of anilines is 1. The van der Waals surface area contributed by atoms with Crippen LogP contribution < -0.4 is 5.73 Å². The summed E-state index contributed by atoms with van der Waals surface area (Å²) in [7, 11) is 1.21. The number of nitrogen functional groups attached to an aromatic ring is 1. The van der Waals surface area contributed by atoms with Gasteiger partial charge in [0, 0.05) is 21.5 Å². The first-order chi connectivity index (χ1) is 9.92. The van der Waals surface area contributed by atoms with Crippen molar-refractivity contribution < 1.29 is 18.3 Å². The highest BCUT2D eigenvalue weighted by Crippen LogP contribution is 2.39. The van der Waals surface area contributed by atoms with Crippen LogP contribution in [0.4, 0.5) is 14.5 Å². The third kappa shape index (κ3) is 3.46. The number of methoxy groups -OCH3 is 1. The number of rotatable bonds is 3. The zero-order chi connectivity index (χ0) is 15.6. The monoisotopic (exact) mass is 329 g/mol. The van der Waals surface area contributed by atoms with Crippen molar-refractivity contribution in [3.63, 3.8) is 0 Å². The molecule has 0 aliphatic heterocycles. The third-order valence-corrected chi connectivity index (χ3v) is 4.18. The van der Waals surface area contributed by atoms with Crippen molar-refractivity contribution in [3.05, 3.63) is 52.6 Å². The highest BCUT2D eigenvalue weighted by atomic mass is 35.5. The second kappa shape index (κ2) is 6.32. The number of nitrogens with two attached hydrogens (primary N) is 1. The molecule has 0 unspecified atom stereocenters. The molecule has 0 aliphatic carbocycles. The van der Waals surface area contributed by atoms with Crippen LogP contribution in [0.2, 0.25) is 5.02 Å². The lowest BCUT2D eigenvalue weighted by molar-refractivity contribution is 0.0597. The molecule has 110 valence electrons. The summed E-state index contributed by atoms with van der Waals surface area (Å²) < 4.78 is 31.3. The van der Waals surface area contributed by atoms with Crippen molar-refractivity contribution in [2.75, 3.05) is 12.8 Å². The van der Waals surface area contributed by atoms with Crippen molar-refractivity contribution >= 4 is 35.0 Å². The quantitative estimate of drug-likeness (QED) is 0.679. The molecule has 0 saturated heterocycles. The van der Waals surface area contributed by atoms with Crippen LogP contribution >= 0.6 is 23.4 Å². The molecule has 0 radical (unpaired) electrons. The zero-order valence-electron chi connectivity index (χ0n) is 10.8. The van der Waals surface area contributed by atoms with E-state index in [0.717, 1.165) is 23.9 Å². The molecular weight excluding hydrogens is 320 g/mol. The Hall–Kier alpha value is -1.79. The van der Waals surface area contributed by atoms with E-state index in [-0.39, 0.29) is 21.2 Å². The minimum atomic E-state index is -0.747. The molecule has 0 saturated carbocycles. The Labute approximate surface area is 129 Å². The Kier molecular flexibility index (Phi) is 4.69. The van der Waals surface area contributed by atoms with E-state index in [0.29, 0.717) is 4.90 Å². The Balaban J connectivity index is 2.50. The first-order valence-corrected chi connectivity index (χ1v) is 6.92. The van der Waals surface area contributed by atoms with E-state index in [4.69, 9.17) is 17.3 Å². The lowest BCUT2D eigenvalue weighted by Gasteiger charge is -2.11. The predicted octanol–water partition coefficient (Wildman–Crippen LogP) is 4.14. The summed E-state index contributed by atoms with van der Waals surface area (Å²) in [5.74, 6) is -2.08. The van der Waals surface area contributed by atoms with Crippen LogP contribution in [0.25, 0.3) is 0 Å². The van der Waals surface area contributed by atoms with E-state index in [9.17, 15) is 13.6 Å². The van der Waals surface area contributed by atoms with Crippen LogP contribution in [-0.2, 0) is 4.74 Å². The number of halogens is 3. The molecule has 2 aromatic rings. The van der Waals surface area contributed by atoms with Gasteiger partial charge in [-0.15, -0.1) is 0 Å². The summed E-state index contributed by atoms with van der Waals surface area (Å²) in [6.45, 7) is 0. The van der Waals surface area contributed by atoms with E-state index in [1.54, 1.807) is 0 Å². The maximum Gasteiger partial charge on any atom is 0.339 e. The molecule has 3 nitrogen and oxygen atoms in total. The lowest BCUT2D eigenvalue weighted by atomic mass is 10.2. The summed E-state index contributed by atoms with van der Waals surface area (Å²) in [6.07, 6.45) is 0. The highest BCUT2D eigenvalue weighted by molar-refractivity contribution is 7.99. The fourth-order valence-corrected chi connectivity index (χ4v) is 2.91. The van der Waals surface area contributed by atoms with Gasteiger partial charge in [-0.3, -0.25) is 0 Å². The normalized spacial score (nSPS) is 10.5. The van der Waals surface area contributed by atoms with E-state index >= 15 is 0 Å². The molecule has 0 amide bonds. The first kappa shape index (κ1) is 15.6. The lowest BCUT2D eigenvalue weighted by Crippen LogP contribution is -2.05. The average molecular weight is 330 g/mol. The van der Waals surface area contributed by atoms with Gasteiger partial charge in [0.25, 0.3) is 0 Å². The Morgan fingerprint density at radius 2 is 2.00 bits per heavy atom. The first-order valence-electron chi connectivity index (χ1n) is 5.72. The van der Waals surface area contributed by atoms with E-state index < -0.39 is 17.6 Å². The Morgan fingerprint density at radius 1 is 1.29 bits per heavy atom. The van der Waals surface area contributed by atoms with Crippen LogP contribution in [-0.4, -0.2) is 13.1 Å². The fraction of sp³-hybridized carbons (Fsp3) is 0.0714. The highest BCUT2D eigenvalue weighted by Gasteiger charge is 2.18. The topological polar surface area (TPSA) is 52.3 Å². The van der Waals surface area contributed by atoms with Crippen molar-refractivity contribution in [1.29, 1.82) is 0 Å². The largest absolute Gasteiger partial charge is 0.465 e. The van der Waals surface area contributed by atoms with E-state index in [1.807, 2.05) is 0 Å². The van der Waals surface area contributed by atoms with Crippen LogP contribution in [0.5, 0.6) is 0 Å². The van der Waals surface area contributed by atoms with Gasteiger partial charge in [0.1, 0.15) is 11.6 Å². The summed E-state index contributed by atoms with van der Waals surface area (Å²) in [4.78, 5) is 12.2. The molecule has 21 heavy (non-hydrogen) atoms. The molecule has 0 atom stereocenters. The second-order valence-corrected chi connectivity index (χ2v) is 5.51. The second-order valence-electron chi connectivity index (χ2n) is 4.05. The third-order valence-electron chi connectivity index (χ3n) is 2.58. The molecule has 0 aliphatic rings. The van der Waals surface area contributed by atoms with Crippen LogP contribution in [0.1, 0.15) is 10.4 Å². The van der Waals surface area contributed by atoms with Crippen molar-refractivity contribution in [2.24, 2.45) is 0 Å².